The third-order valence-corrected chi connectivity index (χ3v) is 4.61. The van der Waals surface area contributed by atoms with Crippen molar-refractivity contribution in [3.05, 3.63) is 52.3 Å². The third-order valence-electron chi connectivity index (χ3n) is 4.15. The van der Waals surface area contributed by atoms with Crippen LogP contribution >= 0.6 is 15.9 Å². The molecule has 0 unspecified atom stereocenters. The van der Waals surface area contributed by atoms with E-state index in [-0.39, 0.29) is 11.7 Å². The van der Waals surface area contributed by atoms with Crippen molar-refractivity contribution < 1.29 is 9.90 Å². The minimum absolute atomic E-state index is 0.000873. The number of H-pyrrole nitrogens is 1. The molecule has 5 heteroatoms. The number of carbonyl (C=O) groups is 1. The van der Waals surface area contributed by atoms with Gasteiger partial charge in [0.05, 0.1) is 0 Å². The molecule has 22 heavy (non-hydrogen) atoms. The van der Waals surface area contributed by atoms with Crippen LogP contribution < -0.4 is 0 Å². The predicted octanol–water partition coefficient (Wildman–Crippen LogP) is 3.93. The molecule has 0 aliphatic heterocycles. The molecule has 0 saturated heterocycles. The molecule has 1 aromatic carbocycles. The largest absolute Gasteiger partial charge is 0.508 e. The average molecular weight is 363 g/mol. The van der Waals surface area contributed by atoms with E-state index in [1.165, 1.54) is 19.3 Å². The van der Waals surface area contributed by atoms with E-state index < -0.39 is 0 Å². The highest BCUT2D eigenvalue weighted by molar-refractivity contribution is 9.10. The van der Waals surface area contributed by atoms with Crippen LogP contribution in [0.1, 0.15) is 35.3 Å². The Kier molecular flexibility index (Phi) is 4.52. The lowest BCUT2D eigenvalue weighted by Gasteiger charge is -2.32. The third kappa shape index (κ3) is 3.53. The Hall–Kier alpha value is -1.75. The maximum absolute atomic E-state index is 12.7. The minimum atomic E-state index is 0.000873. The monoisotopic (exact) mass is 362 g/mol. The summed E-state index contributed by atoms with van der Waals surface area (Å²) >= 11 is 3.37. The van der Waals surface area contributed by atoms with Crippen molar-refractivity contribution in [2.45, 2.75) is 25.8 Å². The number of phenolic OH excluding ortho intramolecular Hbond substituents is 1. The number of nitrogens with one attached hydrogen (secondary N) is 1. The van der Waals surface area contributed by atoms with E-state index in [0.717, 1.165) is 16.6 Å². The number of benzene rings is 1. The molecular weight excluding hydrogens is 344 g/mol. The van der Waals surface area contributed by atoms with Gasteiger partial charge in [0.1, 0.15) is 11.4 Å². The highest BCUT2D eigenvalue weighted by Gasteiger charge is 2.25. The number of aromatic amines is 1. The first kappa shape index (κ1) is 15.2. The van der Waals surface area contributed by atoms with E-state index in [9.17, 15) is 9.90 Å². The summed E-state index contributed by atoms with van der Waals surface area (Å²) in [5.41, 5.74) is 1.53. The molecule has 1 amide bonds. The van der Waals surface area contributed by atoms with Gasteiger partial charge in [-0.1, -0.05) is 18.6 Å². The second-order valence-electron chi connectivity index (χ2n) is 5.88. The summed E-state index contributed by atoms with van der Waals surface area (Å²) in [6, 6.07) is 8.90. The molecule has 1 aromatic heterocycles. The number of nitrogens with zero attached hydrogens (tertiary/aromatic N) is 1. The number of hydrogen-bond acceptors (Lipinski definition) is 2. The summed E-state index contributed by atoms with van der Waals surface area (Å²) in [6.45, 7) is 1.28. The number of rotatable bonds is 5. The van der Waals surface area contributed by atoms with Crippen LogP contribution in [0.4, 0.5) is 0 Å². The lowest BCUT2D eigenvalue weighted by atomic mass is 9.85. The predicted molar refractivity (Wildman–Crippen MR) is 88.7 cm³/mol. The normalized spacial score (nSPS) is 14.6. The fourth-order valence-corrected chi connectivity index (χ4v) is 3.09. The minimum Gasteiger partial charge on any atom is -0.508 e. The van der Waals surface area contributed by atoms with Gasteiger partial charge in [-0.25, -0.2) is 0 Å². The van der Waals surface area contributed by atoms with Gasteiger partial charge in [0, 0.05) is 23.8 Å². The van der Waals surface area contributed by atoms with Gasteiger partial charge >= 0.3 is 0 Å². The van der Waals surface area contributed by atoms with Crippen molar-refractivity contribution in [1.82, 2.24) is 9.88 Å². The second-order valence-corrected chi connectivity index (χ2v) is 6.80. The summed E-state index contributed by atoms with van der Waals surface area (Å²) < 4.78 is 0.872. The summed E-state index contributed by atoms with van der Waals surface area (Å²) in [7, 11) is 0. The molecule has 2 aromatic rings. The first-order valence-electron chi connectivity index (χ1n) is 7.53. The zero-order chi connectivity index (χ0) is 15.5. The molecule has 0 radical (unpaired) electrons. The van der Waals surface area contributed by atoms with E-state index >= 15 is 0 Å². The molecule has 116 valence electrons. The van der Waals surface area contributed by atoms with E-state index in [4.69, 9.17) is 0 Å². The lowest BCUT2D eigenvalue weighted by Crippen LogP contribution is -2.37. The van der Waals surface area contributed by atoms with Crippen molar-refractivity contribution in [3.8, 4) is 5.75 Å². The molecule has 0 atom stereocenters. The molecule has 2 N–H and O–H groups in total. The number of hydrogen-bond donors (Lipinski definition) is 2. The van der Waals surface area contributed by atoms with Crippen molar-refractivity contribution in [2.75, 3.05) is 6.54 Å². The van der Waals surface area contributed by atoms with Crippen LogP contribution in [0.5, 0.6) is 5.75 Å². The van der Waals surface area contributed by atoms with Gasteiger partial charge in [-0.05, 0) is 58.5 Å². The van der Waals surface area contributed by atoms with Crippen LogP contribution in [-0.4, -0.2) is 27.4 Å². The van der Waals surface area contributed by atoms with E-state index in [1.54, 1.807) is 24.4 Å². The van der Waals surface area contributed by atoms with Gasteiger partial charge in [0.25, 0.3) is 5.91 Å². The zero-order valence-electron chi connectivity index (χ0n) is 12.3. The van der Waals surface area contributed by atoms with Crippen LogP contribution in [-0.2, 0) is 6.54 Å². The fraction of sp³-hybridized carbons (Fsp3) is 0.353. The standard InChI is InChI=1S/C17H19BrN2O2/c18-14-8-16(19-9-14)17(22)20(10-12-3-1-4-12)11-13-5-2-6-15(21)7-13/h2,5-9,12,19,21H,1,3-4,10-11H2. The second kappa shape index (κ2) is 6.57. The molecule has 0 spiro atoms. The topological polar surface area (TPSA) is 56.3 Å². The maximum atomic E-state index is 12.7. The number of phenols is 1. The first-order chi connectivity index (χ1) is 10.6. The van der Waals surface area contributed by atoms with Crippen molar-refractivity contribution in [3.63, 3.8) is 0 Å². The van der Waals surface area contributed by atoms with E-state index in [0.29, 0.717) is 18.2 Å². The number of carbonyl (C=O) groups excluding carboxylic acids is 1. The zero-order valence-corrected chi connectivity index (χ0v) is 13.8. The smallest absolute Gasteiger partial charge is 0.270 e. The Balaban J connectivity index is 1.78. The van der Waals surface area contributed by atoms with Gasteiger partial charge in [-0.15, -0.1) is 0 Å². The molecule has 4 nitrogen and oxygen atoms in total. The molecular formula is C17H19BrN2O2. The highest BCUT2D eigenvalue weighted by atomic mass is 79.9. The Bertz CT molecular complexity index is 664. The summed E-state index contributed by atoms with van der Waals surface area (Å²) in [4.78, 5) is 17.6. The number of aromatic nitrogens is 1. The van der Waals surface area contributed by atoms with Gasteiger partial charge in [0.15, 0.2) is 0 Å². The van der Waals surface area contributed by atoms with Crippen LogP contribution in [0.2, 0.25) is 0 Å². The molecule has 1 aliphatic rings. The molecule has 1 aliphatic carbocycles. The van der Waals surface area contributed by atoms with E-state index in [2.05, 4.69) is 20.9 Å². The Labute approximate surface area is 138 Å². The molecule has 0 bridgehead atoms. The van der Waals surface area contributed by atoms with Gasteiger partial charge in [-0.3, -0.25) is 4.79 Å². The number of halogens is 1. The molecule has 1 fully saturated rings. The number of amides is 1. The first-order valence-corrected chi connectivity index (χ1v) is 8.32. The van der Waals surface area contributed by atoms with Gasteiger partial charge < -0.3 is 15.0 Å². The summed E-state index contributed by atoms with van der Waals surface area (Å²) in [5, 5.41) is 9.61. The molecule has 3 rings (SSSR count). The van der Waals surface area contributed by atoms with Crippen LogP contribution in [0.25, 0.3) is 0 Å². The lowest BCUT2D eigenvalue weighted by molar-refractivity contribution is 0.0674. The quantitative estimate of drug-likeness (QED) is 0.846. The van der Waals surface area contributed by atoms with Crippen LogP contribution in [0, 0.1) is 5.92 Å². The number of aromatic hydroxyl groups is 1. The maximum Gasteiger partial charge on any atom is 0.270 e. The fourth-order valence-electron chi connectivity index (χ4n) is 2.74. The van der Waals surface area contributed by atoms with Crippen molar-refractivity contribution >= 4 is 21.8 Å². The van der Waals surface area contributed by atoms with Gasteiger partial charge in [-0.2, -0.15) is 0 Å². The SMILES string of the molecule is O=C(c1cc(Br)c[nH]1)N(Cc1cccc(O)c1)CC1CCC1. The Morgan fingerprint density at radius 1 is 1.36 bits per heavy atom. The average Bonchev–Trinajstić information content (AvgIpc) is 2.87. The Morgan fingerprint density at radius 2 is 2.18 bits per heavy atom. The van der Waals surface area contributed by atoms with Crippen LogP contribution in [0.3, 0.4) is 0 Å². The van der Waals surface area contributed by atoms with Crippen molar-refractivity contribution in [2.24, 2.45) is 5.92 Å². The molecule has 1 heterocycles. The molecule has 1 saturated carbocycles. The van der Waals surface area contributed by atoms with Crippen molar-refractivity contribution in [1.29, 1.82) is 0 Å². The summed E-state index contributed by atoms with van der Waals surface area (Å²) in [6.07, 6.45) is 5.41. The van der Waals surface area contributed by atoms with Gasteiger partial charge in [0.2, 0.25) is 0 Å². The highest BCUT2D eigenvalue weighted by Crippen LogP contribution is 2.28. The summed E-state index contributed by atoms with van der Waals surface area (Å²) in [5.74, 6) is 0.830. The Morgan fingerprint density at radius 3 is 2.77 bits per heavy atom. The van der Waals surface area contributed by atoms with Crippen LogP contribution in [0.15, 0.2) is 41.0 Å². The van der Waals surface area contributed by atoms with E-state index in [1.807, 2.05) is 17.0 Å².